The van der Waals surface area contributed by atoms with Gasteiger partial charge in [0.25, 0.3) is 0 Å². The number of allylic oxidation sites excluding steroid dienone is 1. The van der Waals surface area contributed by atoms with Crippen molar-refractivity contribution in [1.29, 1.82) is 0 Å². The normalized spacial score (nSPS) is 15.6. The smallest absolute Gasteiger partial charge is 0.0393 e. The SMILES string of the molecule is CC(=C=C=C(c1ccccc1)c1ccccc1)C1(C)CCCC1. The lowest BCUT2D eigenvalue weighted by molar-refractivity contribution is 0.415. The fourth-order valence-electron chi connectivity index (χ4n) is 3.36. The molecule has 0 bridgehead atoms. The minimum absolute atomic E-state index is 0.311. The van der Waals surface area contributed by atoms with Crippen molar-refractivity contribution in [2.24, 2.45) is 5.41 Å². The van der Waals surface area contributed by atoms with E-state index in [4.69, 9.17) is 0 Å². The van der Waals surface area contributed by atoms with Crippen molar-refractivity contribution in [2.75, 3.05) is 0 Å². The summed E-state index contributed by atoms with van der Waals surface area (Å²) in [6.07, 6.45) is 5.23. The molecular formula is C23H24. The van der Waals surface area contributed by atoms with Gasteiger partial charge in [0.1, 0.15) is 0 Å². The minimum Gasteiger partial charge on any atom is -0.0702 e. The van der Waals surface area contributed by atoms with Crippen LogP contribution in [0.15, 0.2) is 77.7 Å². The molecule has 0 heteroatoms. The second kappa shape index (κ2) is 6.88. The Labute approximate surface area is 139 Å². The number of hydrogen-bond acceptors (Lipinski definition) is 0. The van der Waals surface area contributed by atoms with E-state index in [1.54, 1.807) is 0 Å². The maximum atomic E-state index is 3.49. The number of hydrogen-bond donors (Lipinski definition) is 0. The lowest BCUT2D eigenvalue weighted by Gasteiger charge is -2.22. The molecule has 0 radical (unpaired) electrons. The zero-order valence-electron chi connectivity index (χ0n) is 14.1. The molecular weight excluding hydrogens is 276 g/mol. The van der Waals surface area contributed by atoms with Crippen molar-refractivity contribution >= 4 is 5.57 Å². The highest BCUT2D eigenvalue weighted by atomic mass is 14.3. The maximum Gasteiger partial charge on any atom is 0.0393 e. The van der Waals surface area contributed by atoms with E-state index in [9.17, 15) is 0 Å². The molecule has 0 atom stereocenters. The van der Waals surface area contributed by atoms with Gasteiger partial charge in [-0.25, -0.2) is 0 Å². The fourth-order valence-corrected chi connectivity index (χ4v) is 3.36. The summed E-state index contributed by atoms with van der Waals surface area (Å²) in [5, 5.41) is 0. The van der Waals surface area contributed by atoms with Crippen LogP contribution in [0.3, 0.4) is 0 Å². The summed E-state index contributed by atoms with van der Waals surface area (Å²) in [6.45, 7) is 4.58. The van der Waals surface area contributed by atoms with Crippen LogP contribution in [-0.2, 0) is 0 Å². The molecule has 116 valence electrons. The molecule has 0 aromatic heterocycles. The molecule has 0 saturated heterocycles. The maximum absolute atomic E-state index is 3.49. The van der Waals surface area contributed by atoms with E-state index in [1.165, 1.54) is 42.4 Å². The number of rotatable bonds is 3. The highest BCUT2D eigenvalue weighted by Gasteiger charge is 2.30. The average molecular weight is 300 g/mol. The molecule has 1 aliphatic rings. The lowest BCUT2D eigenvalue weighted by atomic mass is 9.82. The molecule has 0 spiro atoms. The van der Waals surface area contributed by atoms with E-state index in [1.807, 2.05) is 0 Å². The summed E-state index contributed by atoms with van der Waals surface area (Å²) in [5.74, 6) is 0. The van der Waals surface area contributed by atoms with Gasteiger partial charge in [-0.2, -0.15) is 0 Å². The van der Waals surface area contributed by atoms with Gasteiger partial charge in [-0.3, -0.25) is 0 Å². The molecule has 1 fully saturated rings. The monoisotopic (exact) mass is 300 g/mol. The first-order chi connectivity index (χ1) is 11.2. The van der Waals surface area contributed by atoms with Crippen molar-refractivity contribution in [3.63, 3.8) is 0 Å². The van der Waals surface area contributed by atoms with Gasteiger partial charge in [0.05, 0.1) is 0 Å². The largest absolute Gasteiger partial charge is 0.0702 e. The van der Waals surface area contributed by atoms with Crippen LogP contribution in [0.1, 0.15) is 50.7 Å². The van der Waals surface area contributed by atoms with Gasteiger partial charge in [0.2, 0.25) is 0 Å². The van der Waals surface area contributed by atoms with E-state index < -0.39 is 0 Å². The van der Waals surface area contributed by atoms with Crippen LogP contribution < -0.4 is 0 Å². The zero-order valence-corrected chi connectivity index (χ0v) is 14.1. The van der Waals surface area contributed by atoms with Crippen LogP contribution >= 0.6 is 0 Å². The summed E-state index contributed by atoms with van der Waals surface area (Å²) >= 11 is 0. The summed E-state index contributed by atoms with van der Waals surface area (Å²) in [6, 6.07) is 21.0. The Balaban J connectivity index is 2.14. The molecule has 0 amide bonds. The first-order valence-electron chi connectivity index (χ1n) is 8.53. The molecule has 0 heterocycles. The van der Waals surface area contributed by atoms with Crippen LogP contribution in [0.4, 0.5) is 0 Å². The average Bonchev–Trinajstić information content (AvgIpc) is 3.05. The highest BCUT2D eigenvalue weighted by Crippen LogP contribution is 2.42. The van der Waals surface area contributed by atoms with Gasteiger partial charge in [0, 0.05) is 5.57 Å². The zero-order chi connectivity index (χ0) is 16.1. The standard InChI is InChI=1S/C23H24/c1-19(23(2)17-9-10-18-23)15-16-22(20-11-5-3-6-12-20)21-13-7-4-8-14-21/h3-8,11-14H,9-10,17-18H2,1-2H3. The molecule has 1 saturated carbocycles. The van der Waals surface area contributed by atoms with Crippen molar-refractivity contribution in [2.45, 2.75) is 39.5 Å². The molecule has 3 rings (SSSR count). The molecule has 2 aromatic rings. The van der Waals surface area contributed by atoms with Gasteiger partial charge in [-0.05, 0) is 41.9 Å². The van der Waals surface area contributed by atoms with Gasteiger partial charge in [-0.15, -0.1) is 0 Å². The quantitative estimate of drug-likeness (QED) is 0.575. The Morgan fingerprint density at radius 1 is 0.783 bits per heavy atom. The summed E-state index contributed by atoms with van der Waals surface area (Å²) in [4.78, 5) is 0. The van der Waals surface area contributed by atoms with Gasteiger partial charge in [0.15, 0.2) is 0 Å². The topological polar surface area (TPSA) is 0 Å². The first kappa shape index (κ1) is 15.6. The first-order valence-corrected chi connectivity index (χ1v) is 8.53. The Morgan fingerprint density at radius 2 is 1.26 bits per heavy atom. The van der Waals surface area contributed by atoms with E-state index in [-0.39, 0.29) is 0 Å². The van der Waals surface area contributed by atoms with E-state index >= 15 is 0 Å². The predicted molar refractivity (Wildman–Crippen MR) is 98.2 cm³/mol. The van der Waals surface area contributed by atoms with Crippen LogP contribution in [0.25, 0.3) is 5.57 Å². The molecule has 0 nitrogen and oxygen atoms in total. The predicted octanol–water partition coefficient (Wildman–Crippen LogP) is 6.40. The molecule has 0 unspecified atom stereocenters. The van der Waals surface area contributed by atoms with Crippen LogP contribution in [0, 0.1) is 5.41 Å². The van der Waals surface area contributed by atoms with E-state index in [2.05, 4.69) is 86.0 Å². The summed E-state index contributed by atoms with van der Waals surface area (Å²) in [5.41, 5.74) is 12.1. The molecule has 1 aliphatic carbocycles. The lowest BCUT2D eigenvalue weighted by Crippen LogP contribution is -2.11. The Kier molecular flexibility index (Phi) is 4.68. The van der Waals surface area contributed by atoms with Crippen molar-refractivity contribution in [3.05, 3.63) is 88.8 Å². The fraction of sp³-hybridized carbons (Fsp3) is 0.304. The molecule has 2 aromatic carbocycles. The molecule has 0 aliphatic heterocycles. The third kappa shape index (κ3) is 3.57. The van der Waals surface area contributed by atoms with Crippen molar-refractivity contribution in [1.82, 2.24) is 0 Å². The second-order valence-corrected chi connectivity index (χ2v) is 6.75. The van der Waals surface area contributed by atoms with Crippen LogP contribution in [0.2, 0.25) is 0 Å². The van der Waals surface area contributed by atoms with Gasteiger partial charge < -0.3 is 0 Å². The Hall–Kier alpha value is -2.26. The van der Waals surface area contributed by atoms with Gasteiger partial charge in [-0.1, -0.05) is 91.9 Å². The van der Waals surface area contributed by atoms with Gasteiger partial charge >= 0.3 is 0 Å². The van der Waals surface area contributed by atoms with Crippen LogP contribution in [0.5, 0.6) is 0 Å². The summed E-state index contributed by atoms with van der Waals surface area (Å²) in [7, 11) is 0. The minimum atomic E-state index is 0.311. The van der Waals surface area contributed by atoms with Crippen molar-refractivity contribution in [3.8, 4) is 0 Å². The van der Waals surface area contributed by atoms with Crippen molar-refractivity contribution < 1.29 is 0 Å². The highest BCUT2D eigenvalue weighted by molar-refractivity contribution is 5.79. The summed E-state index contributed by atoms with van der Waals surface area (Å²) < 4.78 is 0. The Morgan fingerprint density at radius 3 is 1.74 bits per heavy atom. The van der Waals surface area contributed by atoms with E-state index in [0.29, 0.717) is 5.41 Å². The second-order valence-electron chi connectivity index (χ2n) is 6.75. The third-order valence-corrected chi connectivity index (χ3v) is 5.11. The van der Waals surface area contributed by atoms with Crippen LogP contribution in [-0.4, -0.2) is 0 Å². The third-order valence-electron chi connectivity index (χ3n) is 5.11. The molecule has 0 N–H and O–H groups in total. The number of benzene rings is 2. The van der Waals surface area contributed by atoms with E-state index in [0.717, 1.165) is 5.57 Å². The molecule has 23 heavy (non-hydrogen) atoms. The Bertz CT molecular complexity index is 705.